The van der Waals surface area contributed by atoms with E-state index in [9.17, 15) is 0 Å². The number of rotatable bonds is 0. The van der Waals surface area contributed by atoms with Gasteiger partial charge >= 0.3 is 0 Å². The number of halogens is 2. The molecule has 64 valence electrons. The number of thioether (sulfide) groups is 1. The normalized spacial score (nSPS) is 50.7. The van der Waals surface area contributed by atoms with E-state index in [-0.39, 0.29) is 0 Å². The van der Waals surface area contributed by atoms with Crippen LogP contribution in [0.1, 0.15) is 25.7 Å². The predicted molar refractivity (Wildman–Crippen MR) is 59.1 cm³/mol. The molecule has 2 saturated heterocycles. The van der Waals surface area contributed by atoms with Crippen molar-refractivity contribution in [1.82, 2.24) is 0 Å². The Kier molecular flexibility index (Phi) is 2.90. The first-order chi connectivity index (χ1) is 5.27. The SMILES string of the molecule is Br[C@@H]1CC[C@H]2S[C@@H]1CC[C@@H]2Br. The van der Waals surface area contributed by atoms with Gasteiger partial charge in [0, 0.05) is 20.2 Å². The zero-order valence-electron chi connectivity index (χ0n) is 6.30. The highest BCUT2D eigenvalue weighted by Gasteiger charge is 2.36. The first-order valence-corrected chi connectivity index (χ1v) is 6.98. The second-order valence-corrected chi connectivity index (χ2v) is 7.24. The third-order valence-electron chi connectivity index (χ3n) is 2.61. The summed E-state index contributed by atoms with van der Waals surface area (Å²) in [6.07, 6.45) is 5.55. The summed E-state index contributed by atoms with van der Waals surface area (Å²) < 4.78 is 0. The summed E-state index contributed by atoms with van der Waals surface area (Å²) >= 11 is 9.72. The largest absolute Gasteiger partial charge is 0.153 e. The van der Waals surface area contributed by atoms with Gasteiger partial charge in [0.15, 0.2) is 0 Å². The third-order valence-corrected chi connectivity index (χ3v) is 7.33. The molecular formula is C8H12Br2S. The average Bonchev–Trinajstić information content (AvgIpc) is 2.02. The van der Waals surface area contributed by atoms with E-state index < -0.39 is 0 Å². The van der Waals surface area contributed by atoms with Crippen molar-refractivity contribution >= 4 is 43.6 Å². The molecule has 0 aromatic heterocycles. The van der Waals surface area contributed by atoms with Crippen LogP contribution in [0.3, 0.4) is 0 Å². The van der Waals surface area contributed by atoms with E-state index in [2.05, 4.69) is 43.6 Å². The van der Waals surface area contributed by atoms with E-state index >= 15 is 0 Å². The van der Waals surface area contributed by atoms with Crippen LogP contribution in [0.2, 0.25) is 0 Å². The van der Waals surface area contributed by atoms with Crippen molar-refractivity contribution in [3.05, 3.63) is 0 Å². The second-order valence-electron chi connectivity index (χ2n) is 3.40. The Balaban J connectivity index is 2.02. The molecule has 0 saturated carbocycles. The van der Waals surface area contributed by atoms with Crippen LogP contribution in [-0.4, -0.2) is 20.2 Å². The minimum atomic E-state index is 0.795. The molecule has 2 fully saturated rings. The van der Waals surface area contributed by atoms with Gasteiger partial charge in [-0.2, -0.15) is 11.8 Å². The van der Waals surface area contributed by atoms with Crippen molar-refractivity contribution in [3.8, 4) is 0 Å². The molecule has 0 N–H and O–H groups in total. The Morgan fingerprint density at radius 3 is 1.73 bits per heavy atom. The van der Waals surface area contributed by atoms with Crippen LogP contribution in [0.4, 0.5) is 0 Å². The summed E-state index contributed by atoms with van der Waals surface area (Å²) in [6.45, 7) is 0. The fourth-order valence-electron chi connectivity index (χ4n) is 1.91. The molecule has 0 unspecified atom stereocenters. The molecule has 2 rings (SSSR count). The molecule has 0 radical (unpaired) electrons. The number of hydrogen-bond donors (Lipinski definition) is 0. The molecule has 3 heteroatoms. The first kappa shape index (κ1) is 8.89. The van der Waals surface area contributed by atoms with Crippen LogP contribution < -0.4 is 0 Å². The zero-order valence-corrected chi connectivity index (χ0v) is 10.3. The number of fused-ring (bicyclic) bond motifs is 2. The van der Waals surface area contributed by atoms with E-state index in [0.717, 1.165) is 20.2 Å². The standard InChI is InChI=1S/C8H12Br2S/c9-5-1-3-7-6(10)2-4-8(5)11-7/h5-8H,1-4H2/t5-,6+,7-,8-/m1/s1. The van der Waals surface area contributed by atoms with E-state index in [1.165, 1.54) is 25.7 Å². The van der Waals surface area contributed by atoms with Gasteiger partial charge in [0.2, 0.25) is 0 Å². The van der Waals surface area contributed by atoms with Gasteiger partial charge in [-0.05, 0) is 25.7 Å². The second kappa shape index (κ2) is 3.59. The zero-order chi connectivity index (χ0) is 7.84. The molecule has 0 amide bonds. The van der Waals surface area contributed by atoms with Gasteiger partial charge in [-0.25, -0.2) is 0 Å². The van der Waals surface area contributed by atoms with Crippen molar-refractivity contribution < 1.29 is 0 Å². The molecule has 2 heterocycles. The van der Waals surface area contributed by atoms with Gasteiger partial charge in [0.05, 0.1) is 0 Å². The Morgan fingerprint density at radius 2 is 1.27 bits per heavy atom. The highest BCUT2D eigenvalue weighted by Crippen LogP contribution is 2.46. The van der Waals surface area contributed by atoms with Crippen molar-refractivity contribution in [1.29, 1.82) is 0 Å². The minimum absolute atomic E-state index is 0.795. The van der Waals surface area contributed by atoms with Crippen LogP contribution in [0.5, 0.6) is 0 Å². The fourth-order valence-corrected chi connectivity index (χ4v) is 5.32. The lowest BCUT2D eigenvalue weighted by Crippen LogP contribution is -2.37. The maximum Gasteiger partial charge on any atom is 0.0265 e. The van der Waals surface area contributed by atoms with Crippen molar-refractivity contribution in [2.24, 2.45) is 0 Å². The highest BCUT2D eigenvalue weighted by atomic mass is 79.9. The molecule has 4 atom stereocenters. The van der Waals surface area contributed by atoms with Gasteiger partial charge in [-0.1, -0.05) is 31.9 Å². The fraction of sp³-hybridized carbons (Fsp3) is 1.00. The Hall–Kier alpha value is 1.31. The van der Waals surface area contributed by atoms with Gasteiger partial charge in [0.1, 0.15) is 0 Å². The van der Waals surface area contributed by atoms with Crippen molar-refractivity contribution in [2.75, 3.05) is 0 Å². The lowest BCUT2D eigenvalue weighted by Gasteiger charge is -2.40. The summed E-state index contributed by atoms with van der Waals surface area (Å²) in [4.78, 5) is 1.59. The van der Waals surface area contributed by atoms with Crippen LogP contribution in [0, 0.1) is 0 Å². The minimum Gasteiger partial charge on any atom is -0.153 e. The first-order valence-electron chi connectivity index (χ1n) is 4.21. The Morgan fingerprint density at radius 1 is 0.818 bits per heavy atom. The van der Waals surface area contributed by atoms with Crippen molar-refractivity contribution in [3.63, 3.8) is 0 Å². The molecule has 2 aliphatic heterocycles. The molecular weight excluding hydrogens is 288 g/mol. The topological polar surface area (TPSA) is 0 Å². The lowest BCUT2D eigenvalue weighted by atomic mass is 9.99. The molecule has 2 aliphatic rings. The molecule has 0 spiro atoms. The van der Waals surface area contributed by atoms with E-state index in [1.807, 2.05) is 0 Å². The molecule has 0 aromatic rings. The summed E-state index contributed by atoms with van der Waals surface area (Å²) in [5.74, 6) is 0. The maximum atomic E-state index is 3.76. The number of hydrogen-bond acceptors (Lipinski definition) is 1. The molecule has 11 heavy (non-hydrogen) atoms. The Labute approximate surface area is 89.1 Å². The predicted octanol–water partition coefficient (Wildman–Crippen LogP) is 3.57. The number of alkyl halides is 2. The van der Waals surface area contributed by atoms with Crippen LogP contribution in [-0.2, 0) is 0 Å². The summed E-state index contributed by atoms with van der Waals surface area (Å²) in [6, 6.07) is 0. The van der Waals surface area contributed by atoms with E-state index in [1.54, 1.807) is 0 Å². The van der Waals surface area contributed by atoms with Gasteiger partial charge in [0.25, 0.3) is 0 Å². The third kappa shape index (κ3) is 1.80. The smallest absolute Gasteiger partial charge is 0.0265 e. The summed E-state index contributed by atoms with van der Waals surface area (Å²) in [5, 5.41) is 1.81. The summed E-state index contributed by atoms with van der Waals surface area (Å²) in [7, 11) is 0. The van der Waals surface area contributed by atoms with E-state index in [4.69, 9.17) is 0 Å². The monoisotopic (exact) mass is 298 g/mol. The van der Waals surface area contributed by atoms with Gasteiger partial charge in [-0.15, -0.1) is 0 Å². The summed E-state index contributed by atoms with van der Waals surface area (Å²) in [5.41, 5.74) is 0. The lowest BCUT2D eigenvalue weighted by molar-refractivity contribution is 0.516. The molecule has 0 nitrogen and oxygen atoms in total. The highest BCUT2D eigenvalue weighted by molar-refractivity contribution is 9.10. The molecule has 0 aliphatic carbocycles. The quantitative estimate of drug-likeness (QED) is 0.616. The van der Waals surface area contributed by atoms with Crippen LogP contribution in [0.25, 0.3) is 0 Å². The Bertz CT molecular complexity index is 135. The van der Waals surface area contributed by atoms with Crippen LogP contribution in [0.15, 0.2) is 0 Å². The van der Waals surface area contributed by atoms with Crippen LogP contribution >= 0.6 is 43.6 Å². The van der Waals surface area contributed by atoms with Gasteiger partial charge < -0.3 is 0 Å². The molecule has 0 aromatic carbocycles. The van der Waals surface area contributed by atoms with E-state index in [0.29, 0.717) is 0 Å². The maximum absolute atomic E-state index is 3.76. The van der Waals surface area contributed by atoms with Gasteiger partial charge in [-0.3, -0.25) is 0 Å². The average molecular weight is 300 g/mol. The van der Waals surface area contributed by atoms with Crippen molar-refractivity contribution in [2.45, 2.75) is 45.8 Å². The molecule has 2 bridgehead atoms.